The summed E-state index contributed by atoms with van der Waals surface area (Å²) in [5, 5.41) is 13.0. The highest BCUT2D eigenvalue weighted by Gasteiger charge is 2.13. The maximum absolute atomic E-state index is 10.6. The molecule has 1 nitrogen and oxygen atoms in total. The van der Waals surface area contributed by atoms with Gasteiger partial charge in [0.1, 0.15) is 0 Å². The molecule has 21 heavy (non-hydrogen) atoms. The van der Waals surface area contributed by atoms with E-state index in [1.165, 1.54) is 21.9 Å². The fourth-order valence-electron chi connectivity index (χ4n) is 2.69. The van der Waals surface area contributed by atoms with E-state index in [9.17, 15) is 5.11 Å². The monoisotopic (exact) mass is 340 g/mol. The van der Waals surface area contributed by atoms with Crippen LogP contribution < -0.4 is 0 Å². The molecule has 0 heterocycles. The summed E-state index contributed by atoms with van der Waals surface area (Å²) < 4.78 is 0.968. The second-order valence-corrected chi connectivity index (χ2v) is 6.24. The third-order valence-electron chi connectivity index (χ3n) is 3.81. The van der Waals surface area contributed by atoms with Crippen molar-refractivity contribution in [1.29, 1.82) is 0 Å². The Morgan fingerprint density at radius 2 is 1.76 bits per heavy atom. The first-order valence-electron chi connectivity index (χ1n) is 7.06. The van der Waals surface area contributed by atoms with Crippen LogP contribution in [0.15, 0.2) is 65.1 Å². The minimum absolute atomic E-state index is 0.509. The van der Waals surface area contributed by atoms with Crippen molar-refractivity contribution in [2.45, 2.75) is 19.4 Å². The Morgan fingerprint density at radius 3 is 2.57 bits per heavy atom. The number of rotatable bonds is 3. The highest BCUT2D eigenvalue weighted by molar-refractivity contribution is 9.10. The lowest BCUT2D eigenvalue weighted by molar-refractivity contribution is 0.178. The number of hydrogen-bond acceptors (Lipinski definition) is 1. The van der Waals surface area contributed by atoms with Crippen molar-refractivity contribution in [1.82, 2.24) is 0 Å². The van der Waals surface area contributed by atoms with E-state index >= 15 is 0 Å². The lowest BCUT2D eigenvalue weighted by Gasteiger charge is -2.15. The van der Waals surface area contributed by atoms with Crippen molar-refractivity contribution >= 4 is 26.7 Å². The Bertz CT molecular complexity index is 774. The molecule has 0 radical (unpaired) electrons. The van der Waals surface area contributed by atoms with Crippen LogP contribution in [0.1, 0.15) is 22.8 Å². The van der Waals surface area contributed by atoms with Gasteiger partial charge in [0.15, 0.2) is 0 Å². The molecule has 1 atom stereocenters. The molecule has 0 fully saturated rings. The number of hydrogen-bond donors (Lipinski definition) is 1. The van der Waals surface area contributed by atoms with Crippen LogP contribution in [0.5, 0.6) is 0 Å². The second-order valence-electron chi connectivity index (χ2n) is 5.38. The Balaban J connectivity index is 1.94. The van der Waals surface area contributed by atoms with Gasteiger partial charge in [-0.05, 0) is 40.5 Å². The second kappa shape index (κ2) is 6.00. The molecule has 0 bridgehead atoms. The van der Waals surface area contributed by atoms with E-state index < -0.39 is 6.10 Å². The van der Waals surface area contributed by atoms with Crippen LogP contribution in [0.3, 0.4) is 0 Å². The van der Waals surface area contributed by atoms with Gasteiger partial charge in [0.2, 0.25) is 0 Å². The molecule has 3 rings (SSSR count). The molecule has 0 aliphatic rings. The van der Waals surface area contributed by atoms with E-state index in [4.69, 9.17) is 0 Å². The Hall–Kier alpha value is -1.64. The molecule has 2 heteroatoms. The topological polar surface area (TPSA) is 20.2 Å². The minimum Gasteiger partial charge on any atom is -0.388 e. The van der Waals surface area contributed by atoms with Crippen LogP contribution in [-0.2, 0) is 6.42 Å². The molecule has 106 valence electrons. The summed E-state index contributed by atoms with van der Waals surface area (Å²) in [6.07, 6.45) is 0.106. The zero-order valence-corrected chi connectivity index (χ0v) is 13.5. The molecule has 0 aromatic heterocycles. The molecule has 0 amide bonds. The van der Waals surface area contributed by atoms with Crippen LogP contribution in [0.2, 0.25) is 0 Å². The Kier molecular flexibility index (Phi) is 4.09. The van der Waals surface area contributed by atoms with Crippen molar-refractivity contribution in [3.63, 3.8) is 0 Å². The van der Waals surface area contributed by atoms with E-state index in [0.717, 1.165) is 10.0 Å². The molecule has 0 aliphatic heterocycles. The summed E-state index contributed by atoms with van der Waals surface area (Å²) >= 11 is 3.55. The van der Waals surface area contributed by atoms with Gasteiger partial charge in [-0.3, -0.25) is 0 Å². The first-order chi connectivity index (χ1) is 10.1. The molecule has 3 aromatic carbocycles. The lowest BCUT2D eigenvalue weighted by Crippen LogP contribution is -2.03. The van der Waals surface area contributed by atoms with Crippen LogP contribution >= 0.6 is 15.9 Å². The Morgan fingerprint density at radius 1 is 1.00 bits per heavy atom. The predicted molar refractivity (Wildman–Crippen MR) is 91.5 cm³/mol. The molecule has 1 N–H and O–H groups in total. The average Bonchev–Trinajstić information content (AvgIpc) is 2.47. The molecule has 0 saturated carbocycles. The number of fused-ring (bicyclic) bond motifs is 1. The predicted octanol–water partition coefficient (Wildman–Crippen LogP) is 5.19. The molecule has 3 aromatic rings. The number of benzene rings is 3. The minimum atomic E-state index is -0.509. The summed E-state index contributed by atoms with van der Waals surface area (Å²) in [4.78, 5) is 0. The van der Waals surface area contributed by atoms with E-state index in [-0.39, 0.29) is 0 Å². The molecule has 0 spiro atoms. The van der Waals surface area contributed by atoms with Gasteiger partial charge in [0.25, 0.3) is 0 Å². The average molecular weight is 341 g/mol. The molecule has 0 saturated heterocycles. The molecular weight excluding hydrogens is 324 g/mol. The third kappa shape index (κ3) is 3.02. The van der Waals surface area contributed by atoms with E-state index in [2.05, 4.69) is 46.3 Å². The highest BCUT2D eigenvalue weighted by Crippen LogP contribution is 2.29. The molecular formula is C19H17BrO. The number of halogens is 1. The fraction of sp³-hybridized carbons (Fsp3) is 0.158. The van der Waals surface area contributed by atoms with Gasteiger partial charge < -0.3 is 5.11 Å². The summed E-state index contributed by atoms with van der Waals surface area (Å²) in [6.45, 7) is 2.05. The first kappa shape index (κ1) is 14.3. The van der Waals surface area contributed by atoms with E-state index in [0.29, 0.717) is 6.42 Å². The number of aliphatic hydroxyl groups excluding tert-OH is 1. The van der Waals surface area contributed by atoms with E-state index in [1.54, 1.807) is 0 Å². The quantitative estimate of drug-likeness (QED) is 0.695. The standard InChI is InChI=1S/C19H17BrO/c1-13-9-10-17(18(20)11-13)19(21)12-15-7-4-6-14-5-2-3-8-16(14)15/h2-11,19,21H,12H2,1H3. The SMILES string of the molecule is Cc1ccc(C(O)Cc2cccc3ccccc23)c(Br)c1. The summed E-state index contributed by atoms with van der Waals surface area (Å²) in [5.41, 5.74) is 3.30. The number of aryl methyl sites for hydroxylation is 1. The van der Waals surface area contributed by atoms with Crippen LogP contribution in [0, 0.1) is 6.92 Å². The van der Waals surface area contributed by atoms with Crippen LogP contribution in [0.25, 0.3) is 10.8 Å². The van der Waals surface area contributed by atoms with Gasteiger partial charge >= 0.3 is 0 Å². The van der Waals surface area contributed by atoms with Gasteiger partial charge in [-0.1, -0.05) is 70.5 Å². The zero-order valence-electron chi connectivity index (χ0n) is 11.9. The third-order valence-corrected chi connectivity index (χ3v) is 4.49. The first-order valence-corrected chi connectivity index (χ1v) is 7.85. The van der Waals surface area contributed by atoms with Gasteiger partial charge in [-0.2, -0.15) is 0 Å². The largest absolute Gasteiger partial charge is 0.388 e. The Labute approximate surface area is 133 Å². The van der Waals surface area contributed by atoms with Crippen molar-refractivity contribution < 1.29 is 5.11 Å². The molecule has 1 unspecified atom stereocenters. The van der Waals surface area contributed by atoms with Crippen LogP contribution in [0.4, 0.5) is 0 Å². The normalized spacial score (nSPS) is 12.5. The maximum Gasteiger partial charge on any atom is 0.0841 e. The van der Waals surface area contributed by atoms with Crippen LogP contribution in [-0.4, -0.2) is 5.11 Å². The zero-order chi connectivity index (χ0) is 14.8. The van der Waals surface area contributed by atoms with Gasteiger partial charge in [0.05, 0.1) is 6.10 Å². The van der Waals surface area contributed by atoms with Crippen molar-refractivity contribution in [2.24, 2.45) is 0 Å². The smallest absolute Gasteiger partial charge is 0.0841 e. The van der Waals surface area contributed by atoms with Gasteiger partial charge in [-0.25, -0.2) is 0 Å². The summed E-state index contributed by atoms with van der Waals surface area (Å²) in [7, 11) is 0. The van der Waals surface area contributed by atoms with Crippen molar-refractivity contribution in [3.05, 3.63) is 81.8 Å². The van der Waals surface area contributed by atoms with Crippen molar-refractivity contribution in [2.75, 3.05) is 0 Å². The maximum atomic E-state index is 10.6. The fourth-order valence-corrected chi connectivity index (χ4v) is 3.45. The van der Waals surface area contributed by atoms with Crippen molar-refractivity contribution in [3.8, 4) is 0 Å². The lowest BCUT2D eigenvalue weighted by atomic mass is 9.96. The highest BCUT2D eigenvalue weighted by atomic mass is 79.9. The van der Waals surface area contributed by atoms with Gasteiger partial charge in [-0.15, -0.1) is 0 Å². The van der Waals surface area contributed by atoms with E-state index in [1.807, 2.05) is 37.3 Å². The van der Waals surface area contributed by atoms with Gasteiger partial charge in [0, 0.05) is 10.9 Å². The summed E-state index contributed by atoms with van der Waals surface area (Å²) in [6, 6.07) is 20.6. The molecule has 0 aliphatic carbocycles. The summed E-state index contributed by atoms with van der Waals surface area (Å²) in [5.74, 6) is 0. The number of aliphatic hydroxyl groups is 1.